The number of thiazole rings is 1. The van der Waals surface area contributed by atoms with Crippen LogP contribution in [0.4, 0.5) is 5.69 Å². The zero-order valence-electron chi connectivity index (χ0n) is 11.6. The van der Waals surface area contributed by atoms with Crippen LogP contribution in [0, 0.1) is 20.8 Å². The van der Waals surface area contributed by atoms with Gasteiger partial charge in [-0.15, -0.1) is 11.3 Å². The van der Waals surface area contributed by atoms with Gasteiger partial charge in [0, 0.05) is 11.1 Å². The summed E-state index contributed by atoms with van der Waals surface area (Å²) in [5.74, 6) is 0. The van der Waals surface area contributed by atoms with Gasteiger partial charge in [-0.2, -0.15) is 0 Å². The van der Waals surface area contributed by atoms with Gasteiger partial charge in [-0.25, -0.2) is 9.97 Å². The van der Waals surface area contributed by atoms with E-state index in [1.807, 2.05) is 19.9 Å². The molecular weight excluding hydrogens is 292 g/mol. The van der Waals surface area contributed by atoms with Crippen LogP contribution in [0.15, 0.2) is 17.5 Å². The van der Waals surface area contributed by atoms with Crippen LogP contribution in [0.5, 0.6) is 0 Å². The predicted molar refractivity (Wildman–Crippen MR) is 83.9 cm³/mol. The summed E-state index contributed by atoms with van der Waals surface area (Å²) in [4.78, 5) is 9.88. The average Bonchev–Trinajstić information content (AvgIpc) is 2.89. The number of aryl methyl sites for hydroxylation is 3. The van der Waals surface area contributed by atoms with E-state index in [4.69, 9.17) is 11.6 Å². The number of rotatable bonds is 3. The number of hydrogen-bond acceptors (Lipinski definition) is 4. The van der Waals surface area contributed by atoms with E-state index in [9.17, 15) is 0 Å². The van der Waals surface area contributed by atoms with E-state index in [1.54, 1.807) is 17.4 Å². The molecule has 0 atom stereocenters. The van der Waals surface area contributed by atoms with Crippen molar-refractivity contribution in [2.75, 3.05) is 5.32 Å². The summed E-state index contributed by atoms with van der Waals surface area (Å²) in [6, 6.07) is 3.75. The van der Waals surface area contributed by atoms with E-state index >= 15 is 0 Å². The van der Waals surface area contributed by atoms with Crippen LogP contribution in [0.3, 0.4) is 0 Å². The molecule has 0 bridgehead atoms. The van der Waals surface area contributed by atoms with Gasteiger partial charge in [0.2, 0.25) is 0 Å². The first kappa shape index (κ1) is 13.4. The minimum atomic E-state index is 0.518. The molecular formula is C14H15ClN4S. The van der Waals surface area contributed by atoms with Crippen molar-refractivity contribution in [3.05, 3.63) is 45.4 Å². The molecule has 0 spiro atoms. The zero-order chi connectivity index (χ0) is 14.3. The van der Waals surface area contributed by atoms with Gasteiger partial charge >= 0.3 is 0 Å². The fourth-order valence-corrected chi connectivity index (χ4v) is 3.39. The lowest BCUT2D eigenvalue weighted by Gasteiger charge is -2.09. The molecule has 6 heteroatoms. The number of pyridine rings is 1. The largest absolute Gasteiger partial charge is 0.378 e. The SMILES string of the molecule is Cc1nc(Cl)ccc1NCc1c(C)nc2scc(C)n12. The van der Waals surface area contributed by atoms with Gasteiger partial charge in [-0.1, -0.05) is 11.6 Å². The van der Waals surface area contributed by atoms with E-state index in [0.29, 0.717) is 11.7 Å². The summed E-state index contributed by atoms with van der Waals surface area (Å²) < 4.78 is 2.20. The zero-order valence-corrected chi connectivity index (χ0v) is 13.1. The summed E-state index contributed by atoms with van der Waals surface area (Å²) in [7, 11) is 0. The number of hydrogen-bond donors (Lipinski definition) is 1. The normalized spacial score (nSPS) is 11.2. The minimum absolute atomic E-state index is 0.518. The van der Waals surface area contributed by atoms with Gasteiger partial charge in [0.25, 0.3) is 0 Å². The number of nitrogens with one attached hydrogen (secondary N) is 1. The number of halogens is 1. The van der Waals surface area contributed by atoms with Crippen molar-refractivity contribution < 1.29 is 0 Å². The smallest absolute Gasteiger partial charge is 0.194 e. The first-order valence-corrected chi connectivity index (χ1v) is 7.61. The molecule has 0 fully saturated rings. The Bertz CT molecular complexity index is 775. The van der Waals surface area contributed by atoms with Gasteiger partial charge < -0.3 is 5.32 Å². The van der Waals surface area contributed by atoms with Crippen molar-refractivity contribution in [1.82, 2.24) is 14.4 Å². The maximum Gasteiger partial charge on any atom is 0.194 e. The molecule has 0 radical (unpaired) electrons. The van der Waals surface area contributed by atoms with Crippen LogP contribution in [0.25, 0.3) is 4.96 Å². The van der Waals surface area contributed by atoms with E-state index in [2.05, 4.69) is 32.0 Å². The predicted octanol–water partition coefficient (Wildman–Crippen LogP) is 3.98. The van der Waals surface area contributed by atoms with Crippen LogP contribution in [0.2, 0.25) is 5.15 Å². The first-order chi connectivity index (χ1) is 9.56. The van der Waals surface area contributed by atoms with Crippen LogP contribution >= 0.6 is 22.9 Å². The molecule has 3 rings (SSSR count). The van der Waals surface area contributed by atoms with E-state index in [0.717, 1.165) is 22.0 Å². The van der Waals surface area contributed by atoms with Crippen molar-refractivity contribution in [3.63, 3.8) is 0 Å². The average molecular weight is 307 g/mol. The highest BCUT2D eigenvalue weighted by Gasteiger charge is 2.12. The van der Waals surface area contributed by atoms with Crippen molar-refractivity contribution in [2.24, 2.45) is 0 Å². The Balaban J connectivity index is 1.90. The Morgan fingerprint density at radius 3 is 2.75 bits per heavy atom. The van der Waals surface area contributed by atoms with Crippen LogP contribution in [-0.4, -0.2) is 14.4 Å². The number of fused-ring (bicyclic) bond motifs is 1. The molecule has 0 unspecified atom stereocenters. The summed E-state index contributed by atoms with van der Waals surface area (Å²) in [5, 5.41) is 6.06. The van der Waals surface area contributed by atoms with Crippen molar-refractivity contribution in [2.45, 2.75) is 27.3 Å². The standard InChI is InChI=1S/C14H15ClN4S/c1-8-7-20-14-18-10(3)12(19(8)14)6-16-11-4-5-13(15)17-9(11)2/h4-5,7,16H,6H2,1-3H3. The molecule has 0 aliphatic carbocycles. The Morgan fingerprint density at radius 1 is 1.20 bits per heavy atom. The summed E-state index contributed by atoms with van der Waals surface area (Å²) in [6.07, 6.45) is 0. The van der Waals surface area contributed by atoms with Gasteiger partial charge in [-0.05, 0) is 32.9 Å². The second-order valence-electron chi connectivity index (χ2n) is 4.76. The second-order valence-corrected chi connectivity index (χ2v) is 5.98. The molecule has 0 amide bonds. The molecule has 4 nitrogen and oxygen atoms in total. The lowest BCUT2D eigenvalue weighted by molar-refractivity contribution is 0.961. The molecule has 104 valence electrons. The first-order valence-electron chi connectivity index (χ1n) is 6.35. The fraction of sp³-hybridized carbons (Fsp3) is 0.286. The molecule has 0 aliphatic heterocycles. The molecule has 3 aromatic rings. The molecule has 3 heterocycles. The summed E-state index contributed by atoms with van der Waals surface area (Å²) in [6.45, 7) is 6.81. The van der Waals surface area contributed by atoms with E-state index in [-0.39, 0.29) is 0 Å². The molecule has 3 aromatic heterocycles. The Kier molecular flexibility index (Phi) is 3.40. The van der Waals surface area contributed by atoms with Gasteiger partial charge in [0.15, 0.2) is 4.96 Å². The topological polar surface area (TPSA) is 42.2 Å². The van der Waals surface area contributed by atoms with Gasteiger partial charge in [0.05, 0.1) is 29.3 Å². The van der Waals surface area contributed by atoms with Crippen molar-refractivity contribution in [3.8, 4) is 0 Å². The molecule has 1 N–H and O–H groups in total. The lowest BCUT2D eigenvalue weighted by atomic mass is 10.3. The van der Waals surface area contributed by atoms with Crippen LogP contribution in [-0.2, 0) is 6.54 Å². The summed E-state index contributed by atoms with van der Waals surface area (Å²) in [5.41, 5.74) is 5.36. The third-order valence-corrected chi connectivity index (χ3v) is 4.48. The monoisotopic (exact) mass is 306 g/mol. The molecule has 0 saturated heterocycles. The molecule has 0 aromatic carbocycles. The summed E-state index contributed by atoms with van der Waals surface area (Å²) >= 11 is 7.54. The highest BCUT2D eigenvalue weighted by molar-refractivity contribution is 7.15. The third-order valence-electron chi connectivity index (χ3n) is 3.33. The molecule has 20 heavy (non-hydrogen) atoms. The van der Waals surface area contributed by atoms with Gasteiger partial charge in [0.1, 0.15) is 5.15 Å². The third kappa shape index (κ3) is 2.27. The fourth-order valence-electron chi connectivity index (χ4n) is 2.27. The molecule has 0 saturated carbocycles. The van der Waals surface area contributed by atoms with E-state index < -0.39 is 0 Å². The number of nitrogens with zero attached hydrogens (tertiary/aromatic N) is 3. The number of imidazole rings is 1. The second kappa shape index (κ2) is 5.07. The quantitative estimate of drug-likeness (QED) is 0.744. The number of aromatic nitrogens is 3. The van der Waals surface area contributed by atoms with Crippen LogP contribution < -0.4 is 5.32 Å². The Hall–Kier alpha value is -1.59. The van der Waals surface area contributed by atoms with Crippen molar-refractivity contribution in [1.29, 1.82) is 0 Å². The Labute approximate surface area is 126 Å². The minimum Gasteiger partial charge on any atom is -0.378 e. The highest BCUT2D eigenvalue weighted by atomic mass is 35.5. The van der Waals surface area contributed by atoms with Crippen LogP contribution in [0.1, 0.15) is 22.8 Å². The highest BCUT2D eigenvalue weighted by Crippen LogP contribution is 2.22. The maximum atomic E-state index is 5.87. The van der Waals surface area contributed by atoms with Crippen molar-refractivity contribution >= 4 is 33.6 Å². The lowest BCUT2D eigenvalue weighted by Crippen LogP contribution is -2.06. The van der Waals surface area contributed by atoms with Gasteiger partial charge in [-0.3, -0.25) is 4.40 Å². The maximum absolute atomic E-state index is 5.87. The molecule has 0 aliphatic rings. The number of anilines is 1. The Morgan fingerprint density at radius 2 is 2.00 bits per heavy atom. The van der Waals surface area contributed by atoms with E-state index in [1.165, 1.54) is 11.4 Å².